The zero-order valence-corrected chi connectivity index (χ0v) is 15.9. The van der Waals surface area contributed by atoms with Crippen LogP contribution >= 0.6 is 0 Å². The number of unbranched alkanes of at least 4 members (excludes halogenated alkanes) is 2. The number of rotatable bonds is 6. The molecular weight excluding hydrogens is 320 g/mol. The largest absolute Gasteiger partial charge is 0.411 e. The average Bonchev–Trinajstić information content (AvgIpc) is 2.70. The fourth-order valence-corrected chi connectivity index (χ4v) is 4.53. The van der Waals surface area contributed by atoms with Gasteiger partial charge in [0, 0.05) is 17.5 Å². The molecule has 0 aromatic heterocycles. The van der Waals surface area contributed by atoms with Crippen molar-refractivity contribution in [1.29, 1.82) is 0 Å². The number of hydrogen-bond acceptors (Lipinski definition) is 2. The summed E-state index contributed by atoms with van der Waals surface area (Å²) in [6, 6.07) is 22.0. The van der Waals surface area contributed by atoms with E-state index in [-0.39, 0.29) is 0 Å². The first kappa shape index (κ1) is 18.7. The Morgan fingerprint density at radius 3 is 2.15 bits per heavy atom. The molecule has 1 aliphatic rings. The van der Waals surface area contributed by atoms with Gasteiger partial charge in [-0.2, -0.15) is 0 Å². The molecule has 0 spiro atoms. The van der Waals surface area contributed by atoms with E-state index in [0.717, 1.165) is 18.6 Å². The third-order valence-corrected chi connectivity index (χ3v) is 5.89. The molecule has 2 aromatic rings. The molecule has 0 amide bonds. The Bertz CT molecular complexity index is 699. The Morgan fingerprint density at radius 1 is 0.962 bits per heavy atom. The van der Waals surface area contributed by atoms with Crippen molar-refractivity contribution in [2.75, 3.05) is 7.05 Å². The van der Waals surface area contributed by atoms with Gasteiger partial charge < -0.3 is 10.1 Å². The molecule has 0 bridgehead atoms. The third kappa shape index (κ3) is 3.99. The first-order chi connectivity index (χ1) is 12.8. The lowest BCUT2D eigenvalue weighted by atomic mass is 9.76. The van der Waals surface area contributed by atoms with Crippen molar-refractivity contribution >= 4 is 5.71 Å². The number of piperidine rings is 1. The zero-order chi connectivity index (χ0) is 18.4. The van der Waals surface area contributed by atoms with E-state index in [9.17, 15) is 5.21 Å². The fourth-order valence-electron chi connectivity index (χ4n) is 4.53. The smallest absolute Gasteiger partial charge is 0.122 e. The van der Waals surface area contributed by atoms with Crippen LogP contribution in [-0.2, 0) is 0 Å². The van der Waals surface area contributed by atoms with Crippen molar-refractivity contribution < 1.29 is 10.1 Å². The van der Waals surface area contributed by atoms with E-state index in [2.05, 4.69) is 79.8 Å². The Balaban J connectivity index is 1.97. The number of nitrogens with one attached hydrogen (secondary N) is 1. The minimum absolute atomic E-state index is 0.300. The van der Waals surface area contributed by atoms with Crippen LogP contribution in [0.2, 0.25) is 0 Å². The second-order valence-electron chi connectivity index (χ2n) is 7.49. The van der Waals surface area contributed by atoms with Gasteiger partial charge in [0.05, 0.1) is 18.7 Å². The minimum Gasteiger partial charge on any atom is -0.411 e. The number of benzene rings is 2. The normalized spacial score (nSPS) is 27.5. The maximum atomic E-state index is 9.81. The molecule has 2 N–H and O–H groups in total. The summed E-state index contributed by atoms with van der Waals surface area (Å²) >= 11 is 0. The monoisotopic (exact) mass is 351 g/mol. The van der Waals surface area contributed by atoms with Crippen LogP contribution in [0.25, 0.3) is 0 Å². The van der Waals surface area contributed by atoms with E-state index in [1.54, 1.807) is 0 Å². The number of nitrogens with zero attached hydrogens (tertiary/aromatic N) is 1. The van der Waals surface area contributed by atoms with Gasteiger partial charge >= 0.3 is 0 Å². The molecule has 3 rings (SSSR count). The van der Waals surface area contributed by atoms with Crippen LogP contribution in [0.1, 0.15) is 62.2 Å². The molecular formula is C23H31N2O+. The second kappa shape index (κ2) is 9.00. The molecule has 1 unspecified atom stereocenters. The van der Waals surface area contributed by atoms with Crippen LogP contribution in [0.5, 0.6) is 0 Å². The summed E-state index contributed by atoms with van der Waals surface area (Å²) < 4.78 is 0. The summed E-state index contributed by atoms with van der Waals surface area (Å²) in [7, 11) is 2.30. The molecule has 1 saturated heterocycles. The van der Waals surface area contributed by atoms with Crippen LogP contribution in [-0.4, -0.2) is 18.0 Å². The maximum Gasteiger partial charge on any atom is 0.122 e. The topological polar surface area (TPSA) is 37.0 Å². The van der Waals surface area contributed by atoms with Gasteiger partial charge in [0.2, 0.25) is 0 Å². The van der Waals surface area contributed by atoms with Crippen molar-refractivity contribution in [3.63, 3.8) is 0 Å². The van der Waals surface area contributed by atoms with E-state index in [1.165, 1.54) is 35.3 Å². The predicted octanol–water partition coefficient (Wildman–Crippen LogP) is 4.41. The van der Waals surface area contributed by atoms with Crippen LogP contribution < -0.4 is 4.90 Å². The van der Waals surface area contributed by atoms with Gasteiger partial charge in [-0.05, 0) is 6.42 Å². The molecule has 3 nitrogen and oxygen atoms in total. The highest BCUT2D eigenvalue weighted by molar-refractivity contribution is 5.88. The molecule has 0 radical (unpaired) electrons. The molecule has 0 saturated carbocycles. The van der Waals surface area contributed by atoms with Crippen LogP contribution in [0.15, 0.2) is 65.8 Å². The van der Waals surface area contributed by atoms with E-state index in [0.29, 0.717) is 18.0 Å². The lowest BCUT2D eigenvalue weighted by Crippen LogP contribution is -3.11. The highest BCUT2D eigenvalue weighted by Crippen LogP contribution is 2.34. The predicted molar refractivity (Wildman–Crippen MR) is 107 cm³/mol. The number of hydrogen-bond donors (Lipinski definition) is 2. The minimum atomic E-state index is 0.300. The fraction of sp³-hybridized carbons (Fsp3) is 0.435. The first-order valence-electron chi connectivity index (χ1n) is 9.90. The first-order valence-corrected chi connectivity index (χ1v) is 9.90. The summed E-state index contributed by atoms with van der Waals surface area (Å²) in [5.74, 6) is 0.300. The van der Waals surface area contributed by atoms with Crippen LogP contribution in [0, 0.1) is 5.92 Å². The SMILES string of the molecule is CCCCC[C@@H]1C(=NO)C[C@@H](c2ccccc2)[NH+](C)[C@H]1c1ccccc1. The lowest BCUT2D eigenvalue weighted by molar-refractivity contribution is -0.949. The van der Waals surface area contributed by atoms with Gasteiger partial charge in [-0.15, -0.1) is 0 Å². The van der Waals surface area contributed by atoms with E-state index >= 15 is 0 Å². The maximum absolute atomic E-state index is 9.81. The van der Waals surface area contributed by atoms with Crippen molar-refractivity contribution in [2.24, 2.45) is 11.1 Å². The van der Waals surface area contributed by atoms with Crippen molar-refractivity contribution in [3.05, 3.63) is 71.8 Å². The number of quaternary nitrogens is 1. The van der Waals surface area contributed by atoms with Crippen LogP contribution in [0.4, 0.5) is 0 Å². The Hall–Kier alpha value is -2.13. The van der Waals surface area contributed by atoms with Gasteiger partial charge in [-0.1, -0.05) is 92.0 Å². The number of oxime groups is 1. The molecule has 26 heavy (non-hydrogen) atoms. The molecule has 4 atom stereocenters. The Labute approximate surface area is 157 Å². The lowest BCUT2D eigenvalue weighted by Gasteiger charge is -2.42. The molecule has 0 aliphatic carbocycles. The standard InChI is InChI=1S/C23H30N2O/c1-3-4-7-16-20-21(24-26)17-22(18-12-8-5-9-13-18)25(2)23(20)19-14-10-6-11-15-19/h5-6,8-15,20,22-23,26H,3-4,7,16-17H2,1-2H3/p+1/t20-,22+,23+/m1/s1. The van der Waals surface area contributed by atoms with Gasteiger partial charge in [0.25, 0.3) is 0 Å². The second-order valence-corrected chi connectivity index (χ2v) is 7.49. The van der Waals surface area contributed by atoms with E-state index in [4.69, 9.17) is 0 Å². The van der Waals surface area contributed by atoms with Gasteiger partial charge in [-0.25, -0.2) is 0 Å². The summed E-state index contributed by atoms with van der Waals surface area (Å²) in [6.45, 7) is 2.24. The van der Waals surface area contributed by atoms with Crippen molar-refractivity contribution in [2.45, 2.75) is 51.1 Å². The summed E-state index contributed by atoms with van der Waals surface area (Å²) in [4.78, 5) is 1.50. The van der Waals surface area contributed by atoms with E-state index < -0.39 is 0 Å². The quantitative estimate of drug-likeness (QED) is 0.451. The molecule has 1 heterocycles. The average molecular weight is 352 g/mol. The van der Waals surface area contributed by atoms with Gasteiger partial charge in [0.1, 0.15) is 12.1 Å². The summed E-state index contributed by atoms with van der Waals surface area (Å²) in [6.07, 6.45) is 5.55. The Morgan fingerprint density at radius 2 is 1.58 bits per heavy atom. The Kier molecular flexibility index (Phi) is 6.45. The third-order valence-electron chi connectivity index (χ3n) is 5.89. The number of likely N-dealkylation sites (tertiary alicyclic amines) is 1. The highest BCUT2D eigenvalue weighted by Gasteiger charge is 2.44. The molecule has 1 aliphatic heterocycles. The molecule has 1 fully saturated rings. The summed E-state index contributed by atoms with van der Waals surface area (Å²) in [5.41, 5.74) is 3.63. The summed E-state index contributed by atoms with van der Waals surface area (Å²) in [5, 5.41) is 13.6. The molecule has 138 valence electrons. The van der Waals surface area contributed by atoms with Gasteiger partial charge in [-0.3, -0.25) is 0 Å². The highest BCUT2D eigenvalue weighted by atomic mass is 16.4. The molecule has 3 heteroatoms. The van der Waals surface area contributed by atoms with Crippen molar-refractivity contribution in [3.8, 4) is 0 Å². The van der Waals surface area contributed by atoms with Crippen molar-refractivity contribution in [1.82, 2.24) is 0 Å². The zero-order valence-electron chi connectivity index (χ0n) is 15.9. The van der Waals surface area contributed by atoms with E-state index in [1.807, 2.05) is 0 Å². The van der Waals surface area contributed by atoms with Crippen LogP contribution in [0.3, 0.4) is 0 Å². The molecule has 2 aromatic carbocycles. The van der Waals surface area contributed by atoms with Gasteiger partial charge in [0.15, 0.2) is 0 Å².